The zero-order chi connectivity index (χ0) is 12.0. The van der Waals surface area contributed by atoms with E-state index in [0.717, 1.165) is 32.6 Å². The van der Waals surface area contributed by atoms with E-state index in [1.54, 1.807) is 0 Å². The topological polar surface area (TPSA) is 23.6 Å². The van der Waals surface area contributed by atoms with Gasteiger partial charge in [0.25, 0.3) is 0 Å². The van der Waals surface area contributed by atoms with Crippen LogP contribution >= 0.6 is 0 Å². The Morgan fingerprint density at radius 2 is 1.81 bits per heavy atom. The molecule has 0 N–H and O–H groups in total. The van der Waals surface area contributed by atoms with Gasteiger partial charge in [-0.3, -0.25) is 9.69 Å². The Bertz CT molecular complexity index is 210. The van der Waals surface area contributed by atoms with Gasteiger partial charge in [0, 0.05) is 32.1 Å². The summed E-state index contributed by atoms with van der Waals surface area (Å²) in [6.07, 6.45) is 3.49. The van der Waals surface area contributed by atoms with Gasteiger partial charge in [-0.15, -0.1) is 0 Å². The zero-order valence-corrected chi connectivity index (χ0v) is 11.0. The Hall–Kier alpha value is -0.570. The minimum absolute atomic E-state index is 0.196. The fourth-order valence-electron chi connectivity index (χ4n) is 2.06. The molecule has 1 aliphatic heterocycles. The molecule has 1 heterocycles. The molecule has 1 fully saturated rings. The molecule has 1 rings (SSSR count). The van der Waals surface area contributed by atoms with Crippen molar-refractivity contribution in [1.82, 2.24) is 9.80 Å². The van der Waals surface area contributed by atoms with Gasteiger partial charge in [0.1, 0.15) is 0 Å². The van der Waals surface area contributed by atoms with Crippen LogP contribution in [0.1, 0.15) is 40.0 Å². The summed E-state index contributed by atoms with van der Waals surface area (Å²) in [5.41, 5.74) is 0. The van der Waals surface area contributed by atoms with Gasteiger partial charge in [-0.2, -0.15) is 0 Å². The van der Waals surface area contributed by atoms with Gasteiger partial charge in [0.15, 0.2) is 0 Å². The van der Waals surface area contributed by atoms with Gasteiger partial charge in [-0.1, -0.05) is 27.2 Å². The average Bonchev–Trinajstić information content (AvgIpc) is 2.35. The minimum atomic E-state index is 0.196. The summed E-state index contributed by atoms with van der Waals surface area (Å²) in [6, 6.07) is 0. The molecular formula is C13H26N2O. The first kappa shape index (κ1) is 13.5. The Kier molecular flexibility index (Phi) is 5.81. The quantitative estimate of drug-likeness (QED) is 0.715. The molecule has 0 aliphatic carbocycles. The molecule has 0 saturated carbocycles. The normalized spacial score (nSPS) is 19.8. The van der Waals surface area contributed by atoms with E-state index in [2.05, 4.69) is 18.7 Å². The SMILES string of the molecule is CCCCN1CCN(C(=O)[C@H](C)CC)CC1. The first-order chi connectivity index (χ1) is 7.69. The van der Waals surface area contributed by atoms with Gasteiger partial charge >= 0.3 is 0 Å². The lowest BCUT2D eigenvalue weighted by Gasteiger charge is -2.35. The van der Waals surface area contributed by atoms with E-state index in [9.17, 15) is 4.79 Å². The third-order valence-electron chi connectivity index (χ3n) is 3.55. The Morgan fingerprint density at radius 3 is 2.31 bits per heavy atom. The summed E-state index contributed by atoms with van der Waals surface area (Å²) in [4.78, 5) is 16.5. The summed E-state index contributed by atoms with van der Waals surface area (Å²) in [7, 11) is 0. The number of nitrogens with zero attached hydrogens (tertiary/aromatic N) is 2. The van der Waals surface area contributed by atoms with Crippen LogP contribution < -0.4 is 0 Å². The van der Waals surface area contributed by atoms with Gasteiger partial charge in [0.2, 0.25) is 5.91 Å². The van der Waals surface area contributed by atoms with Crippen molar-refractivity contribution in [3.05, 3.63) is 0 Å². The number of rotatable bonds is 5. The molecule has 0 aromatic heterocycles. The molecule has 1 atom stereocenters. The fourth-order valence-corrected chi connectivity index (χ4v) is 2.06. The minimum Gasteiger partial charge on any atom is -0.340 e. The summed E-state index contributed by atoms with van der Waals surface area (Å²) < 4.78 is 0. The maximum atomic E-state index is 12.0. The molecule has 0 radical (unpaired) electrons. The van der Waals surface area contributed by atoms with E-state index < -0.39 is 0 Å². The maximum absolute atomic E-state index is 12.0. The maximum Gasteiger partial charge on any atom is 0.225 e. The molecule has 0 bridgehead atoms. The lowest BCUT2D eigenvalue weighted by atomic mass is 10.1. The van der Waals surface area contributed by atoms with Gasteiger partial charge < -0.3 is 4.90 Å². The molecule has 16 heavy (non-hydrogen) atoms. The van der Waals surface area contributed by atoms with E-state index in [-0.39, 0.29) is 5.92 Å². The van der Waals surface area contributed by atoms with Crippen molar-refractivity contribution >= 4 is 5.91 Å². The molecule has 1 aliphatic rings. The summed E-state index contributed by atoms with van der Waals surface area (Å²) in [6.45, 7) is 11.5. The van der Waals surface area contributed by atoms with Gasteiger partial charge in [-0.05, 0) is 19.4 Å². The number of carbonyl (C=O) groups is 1. The lowest BCUT2D eigenvalue weighted by Crippen LogP contribution is -2.50. The van der Waals surface area contributed by atoms with Crippen molar-refractivity contribution in [3.63, 3.8) is 0 Å². The fraction of sp³-hybridized carbons (Fsp3) is 0.923. The van der Waals surface area contributed by atoms with Crippen molar-refractivity contribution in [2.24, 2.45) is 5.92 Å². The lowest BCUT2D eigenvalue weighted by molar-refractivity contribution is -0.136. The Balaban J connectivity index is 2.28. The molecular weight excluding hydrogens is 200 g/mol. The van der Waals surface area contributed by atoms with Crippen LogP contribution in [0.15, 0.2) is 0 Å². The molecule has 0 aromatic rings. The predicted octanol–water partition coefficient (Wildman–Crippen LogP) is 1.98. The second kappa shape index (κ2) is 6.89. The van der Waals surface area contributed by atoms with Crippen molar-refractivity contribution in [2.75, 3.05) is 32.7 Å². The van der Waals surface area contributed by atoms with Crippen LogP contribution in [-0.2, 0) is 4.79 Å². The molecule has 1 amide bonds. The molecule has 0 aromatic carbocycles. The molecule has 1 saturated heterocycles. The summed E-state index contributed by atoms with van der Waals surface area (Å²) in [5, 5.41) is 0. The largest absolute Gasteiger partial charge is 0.340 e. The van der Waals surface area contributed by atoms with Crippen LogP contribution in [0.5, 0.6) is 0 Å². The number of unbranched alkanes of at least 4 members (excludes halogenated alkanes) is 1. The second-order valence-electron chi connectivity index (χ2n) is 4.83. The predicted molar refractivity (Wildman–Crippen MR) is 67.4 cm³/mol. The Labute approximate surface area is 99.8 Å². The van der Waals surface area contributed by atoms with Crippen LogP contribution in [0.2, 0.25) is 0 Å². The standard InChI is InChI=1S/C13H26N2O/c1-4-6-7-14-8-10-15(11-9-14)13(16)12(3)5-2/h12H,4-11H2,1-3H3/t12-/m1/s1. The first-order valence-electron chi connectivity index (χ1n) is 6.70. The highest BCUT2D eigenvalue weighted by Crippen LogP contribution is 2.10. The van der Waals surface area contributed by atoms with Crippen LogP contribution in [0.25, 0.3) is 0 Å². The number of piperazine rings is 1. The summed E-state index contributed by atoms with van der Waals surface area (Å²) >= 11 is 0. The van der Waals surface area contributed by atoms with Gasteiger partial charge in [0.05, 0.1) is 0 Å². The molecule has 3 nitrogen and oxygen atoms in total. The van der Waals surface area contributed by atoms with E-state index in [1.807, 2.05) is 11.8 Å². The third-order valence-corrected chi connectivity index (χ3v) is 3.55. The number of hydrogen-bond donors (Lipinski definition) is 0. The molecule has 3 heteroatoms. The van der Waals surface area contributed by atoms with Crippen molar-refractivity contribution in [2.45, 2.75) is 40.0 Å². The van der Waals surface area contributed by atoms with E-state index in [0.29, 0.717) is 5.91 Å². The van der Waals surface area contributed by atoms with Crippen molar-refractivity contribution in [3.8, 4) is 0 Å². The first-order valence-corrected chi connectivity index (χ1v) is 6.70. The number of hydrogen-bond acceptors (Lipinski definition) is 2. The van der Waals surface area contributed by atoms with Crippen LogP contribution in [-0.4, -0.2) is 48.4 Å². The Morgan fingerprint density at radius 1 is 1.19 bits per heavy atom. The third kappa shape index (κ3) is 3.78. The highest BCUT2D eigenvalue weighted by Gasteiger charge is 2.23. The van der Waals surface area contributed by atoms with Crippen molar-refractivity contribution in [1.29, 1.82) is 0 Å². The smallest absolute Gasteiger partial charge is 0.225 e. The highest BCUT2D eigenvalue weighted by molar-refractivity contribution is 5.78. The number of amides is 1. The zero-order valence-electron chi connectivity index (χ0n) is 11.0. The van der Waals surface area contributed by atoms with Crippen molar-refractivity contribution < 1.29 is 4.79 Å². The van der Waals surface area contributed by atoms with Crippen LogP contribution in [0, 0.1) is 5.92 Å². The van der Waals surface area contributed by atoms with Crippen LogP contribution in [0.4, 0.5) is 0 Å². The second-order valence-corrected chi connectivity index (χ2v) is 4.83. The summed E-state index contributed by atoms with van der Waals surface area (Å²) in [5.74, 6) is 0.542. The molecule has 0 unspecified atom stereocenters. The van der Waals surface area contributed by atoms with E-state index >= 15 is 0 Å². The molecule has 0 spiro atoms. The highest BCUT2D eigenvalue weighted by atomic mass is 16.2. The van der Waals surface area contributed by atoms with Gasteiger partial charge in [-0.25, -0.2) is 0 Å². The van der Waals surface area contributed by atoms with E-state index in [1.165, 1.54) is 19.4 Å². The average molecular weight is 226 g/mol. The monoisotopic (exact) mass is 226 g/mol. The number of carbonyl (C=O) groups excluding carboxylic acids is 1. The molecule has 94 valence electrons. The van der Waals surface area contributed by atoms with Crippen LogP contribution in [0.3, 0.4) is 0 Å². The van der Waals surface area contributed by atoms with E-state index in [4.69, 9.17) is 0 Å².